The Hall–Kier alpha value is -3.60. The van der Waals surface area contributed by atoms with Crippen LogP contribution in [0.25, 0.3) is 11.1 Å². The molecule has 0 aliphatic carbocycles. The molecule has 5 rings (SSSR count). The fraction of sp³-hybridized carbons (Fsp3) is 0.167. The standard InChI is InChI=1S/C24H20N2O3/c27-24(26-12-13-28-21-9-5-4-8-19(21)16-26)18-10-11-22-20(15-18)25-23(29-22)14-17-6-2-1-3-7-17/h1-11,15H,12-14,16H2. The fourth-order valence-electron chi connectivity index (χ4n) is 3.64. The number of aromatic nitrogens is 1. The number of carbonyl (C=O) groups excluding carboxylic acids is 1. The van der Waals surface area contributed by atoms with E-state index in [1.807, 2.05) is 71.6 Å². The van der Waals surface area contributed by atoms with Crippen molar-refractivity contribution in [2.75, 3.05) is 13.2 Å². The molecular weight excluding hydrogens is 364 g/mol. The smallest absolute Gasteiger partial charge is 0.254 e. The number of oxazole rings is 1. The molecule has 1 aromatic heterocycles. The van der Waals surface area contributed by atoms with Crippen molar-refractivity contribution in [2.24, 2.45) is 0 Å². The summed E-state index contributed by atoms with van der Waals surface area (Å²) in [6.45, 7) is 1.56. The Labute approximate surface area is 168 Å². The molecule has 0 saturated heterocycles. The highest BCUT2D eigenvalue weighted by molar-refractivity contribution is 5.97. The van der Waals surface area contributed by atoms with Gasteiger partial charge in [-0.1, -0.05) is 48.5 Å². The molecule has 144 valence electrons. The number of hydrogen-bond acceptors (Lipinski definition) is 4. The SMILES string of the molecule is O=C(c1ccc2oc(Cc3ccccc3)nc2c1)N1CCOc2ccccc2C1. The average Bonchev–Trinajstić information content (AvgIpc) is 3.02. The van der Waals surface area contributed by atoms with Crippen LogP contribution in [0.3, 0.4) is 0 Å². The maximum absolute atomic E-state index is 13.1. The van der Waals surface area contributed by atoms with E-state index in [4.69, 9.17) is 9.15 Å². The first-order chi connectivity index (χ1) is 14.3. The van der Waals surface area contributed by atoms with Gasteiger partial charge in [-0.3, -0.25) is 4.79 Å². The van der Waals surface area contributed by atoms with Gasteiger partial charge < -0.3 is 14.1 Å². The zero-order chi connectivity index (χ0) is 19.6. The molecule has 5 nitrogen and oxygen atoms in total. The molecule has 0 N–H and O–H groups in total. The zero-order valence-corrected chi connectivity index (χ0v) is 15.9. The van der Waals surface area contributed by atoms with E-state index in [1.165, 1.54) is 0 Å². The van der Waals surface area contributed by atoms with E-state index >= 15 is 0 Å². The Bertz CT molecular complexity index is 1170. The second-order valence-electron chi connectivity index (χ2n) is 7.14. The number of hydrogen-bond donors (Lipinski definition) is 0. The van der Waals surface area contributed by atoms with Crippen LogP contribution in [-0.2, 0) is 13.0 Å². The number of para-hydroxylation sites is 1. The van der Waals surface area contributed by atoms with Crippen LogP contribution in [0.5, 0.6) is 5.75 Å². The van der Waals surface area contributed by atoms with Gasteiger partial charge in [-0.25, -0.2) is 4.98 Å². The number of rotatable bonds is 3. The number of nitrogens with zero attached hydrogens (tertiary/aromatic N) is 2. The van der Waals surface area contributed by atoms with Crippen molar-refractivity contribution in [3.05, 3.63) is 95.4 Å². The van der Waals surface area contributed by atoms with Crippen LogP contribution in [-0.4, -0.2) is 28.9 Å². The van der Waals surface area contributed by atoms with Gasteiger partial charge in [0.1, 0.15) is 17.9 Å². The molecule has 0 radical (unpaired) electrons. The molecule has 1 aliphatic rings. The van der Waals surface area contributed by atoms with Crippen LogP contribution in [0.4, 0.5) is 0 Å². The van der Waals surface area contributed by atoms with Gasteiger partial charge in [-0.2, -0.15) is 0 Å². The summed E-state index contributed by atoms with van der Waals surface area (Å²) >= 11 is 0. The maximum Gasteiger partial charge on any atom is 0.254 e. The van der Waals surface area contributed by atoms with Gasteiger partial charge in [0.05, 0.1) is 6.54 Å². The molecule has 3 aromatic carbocycles. The van der Waals surface area contributed by atoms with Gasteiger partial charge in [-0.15, -0.1) is 0 Å². The summed E-state index contributed by atoms with van der Waals surface area (Å²) in [7, 11) is 0. The van der Waals surface area contributed by atoms with Crippen molar-refractivity contribution in [3.8, 4) is 5.75 Å². The van der Waals surface area contributed by atoms with Crippen molar-refractivity contribution in [3.63, 3.8) is 0 Å². The third kappa shape index (κ3) is 3.59. The summed E-state index contributed by atoms with van der Waals surface area (Å²) in [5, 5.41) is 0. The minimum absolute atomic E-state index is 0.0280. The van der Waals surface area contributed by atoms with Crippen molar-refractivity contribution in [1.29, 1.82) is 0 Å². The molecule has 1 aliphatic heterocycles. The van der Waals surface area contributed by atoms with E-state index in [1.54, 1.807) is 6.07 Å². The van der Waals surface area contributed by atoms with Crippen molar-refractivity contribution < 1.29 is 13.9 Å². The molecule has 0 spiro atoms. The Morgan fingerprint density at radius 1 is 1.00 bits per heavy atom. The Kier molecular flexibility index (Phi) is 4.48. The highest BCUT2D eigenvalue weighted by atomic mass is 16.5. The van der Waals surface area contributed by atoms with Crippen LogP contribution in [0.1, 0.15) is 27.4 Å². The van der Waals surface area contributed by atoms with Gasteiger partial charge in [-0.05, 0) is 29.8 Å². The first-order valence-corrected chi connectivity index (χ1v) is 9.70. The van der Waals surface area contributed by atoms with Crippen LogP contribution in [0.15, 0.2) is 77.2 Å². The third-order valence-electron chi connectivity index (χ3n) is 5.12. The molecule has 29 heavy (non-hydrogen) atoms. The lowest BCUT2D eigenvalue weighted by atomic mass is 10.1. The van der Waals surface area contributed by atoms with E-state index in [-0.39, 0.29) is 5.91 Å². The molecule has 5 heteroatoms. The third-order valence-corrected chi connectivity index (χ3v) is 5.12. The summed E-state index contributed by atoms with van der Waals surface area (Å²) in [6.07, 6.45) is 0.624. The highest BCUT2D eigenvalue weighted by Gasteiger charge is 2.21. The predicted molar refractivity (Wildman–Crippen MR) is 110 cm³/mol. The first kappa shape index (κ1) is 17.5. The molecule has 0 bridgehead atoms. The maximum atomic E-state index is 13.1. The average molecular weight is 384 g/mol. The Balaban J connectivity index is 1.39. The van der Waals surface area contributed by atoms with Gasteiger partial charge in [0.25, 0.3) is 5.91 Å². The predicted octanol–water partition coefficient (Wildman–Crippen LogP) is 4.45. The lowest BCUT2D eigenvalue weighted by molar-refractivity contribution is 0.0733. The number of amides is 1. The molecule has 4 aromatic rings. The summed E-state index contributed by atoms with van der Waals surface area (Å²) < 4.78 is 11.6. The van der Waals surface area contributed by atoms with E-state index in [0.717, 1.165) is 16.9 Å². The number of ether oxygens (including phenoxy) is 1. The molecule has 1 amide bonds. The minimum Gasteiger partial charge on any atom is -0.491 e. The summed E-state index contributed by atoms with van der Waals surface area (Å²) in [6, 6.07) is 23.4. The zero-order valence-electron chi connectivity index (χ0n) is 15.9. The lowest BCUT2D eigenvalue weighted by Gasteiger charge is -2.19. The highest BCUT2D eigenvalue weighted by Crippen LogP contribution is 2.25. The van der Waals surface area contributed by atoms with E-state index in [0.29, 0.717) is 48.7 Å². The molecule has 0 fully saturated rings. The second kappa shape index (κ2) is 7.43. The summed E-state index contributed by atoms with van der Waals surface area (Å²) in [4.78, 5) is 19.5. The largest absolute Gasteiger partial charge is 0.491 e. The molecule has 0 atom stereocenters. The minimum atomic E-state index is -0.0280. The normalized spacial score (nSPS) is 13.6. The van der Waals surface area contributed by atoms with Crippen LogP contribution >= 0.6 is 0 Å². The molecule has 0 unspecified atom stereocenters. The van der Waals surface area contributed by atoms with Crippen molar-refractivity contribution >= 4 is 17.0 Å². The monoisotopic (exact) mass is 384 g/mol. The molecule has 0 saturated carbocycles. The molecular formula is C24H20N2O3. The van der Waals surface area contributed by atoms with Gasteiger partial charge in [0.15, 0.2) is 11.5 Å². The summed E-state index contributed by atoms with van der Waals surface area (Å²) in [5.74, 6) is 1.47. The number of fused-ring (bicyclic) bond motifs is 2. The van der Waals surface area contributed by atoms with Gasteiger partial charge >= 0.3 is 0 Å². The van der Waals surface area contributed by atoms with E-state index in [2.05, 4.69) is 4.98 Å². The Morgan fingerprint density at radius 3 is 2.72 bits per heavy atom. The Morgan fingerprint density at radius 2 is 1.83 bits per heavy atom. The lowest BCUT2D eigenvalue weighted by Crippen LogP contribution is -2.32. The van der Waals surface area contributed by atoms with Crippen molar-refractivity contribution in [1.82, 2.24) is 9.88 Å². The summed E-state index contributed by atoms with van der Waals surface area (Å²) in [5.41, 5.74) is 4.16. The van der Waals surface area contributed by atoms with Gasteiger partial charge in [0.2, 0.25) is 0 Å². The molecule has 2 heterocycles. The van der Waals surface area contributed by atoms with Crippen LogP contribution in [0, 0.1) is 0 Å². The van der Waals surface area contributed by atoms with Crippen LogP contribution in [0.2, 0.25) is 0 Å². The quantitative estimate of drug-likeness (QED) is 0.524. The second-order valence-corrected chi connectivity index (χ2v) is 7.14. The van der Waals surface area contributed by atoms with E-state index in [9.17, 15) is 4.79 Å². The van der Waals surface area contributed by atoms with Gasteiger partial charge in [0, 0.05) is 24.1 Å². The number of carbonyl (C=O) groups is 1. The van der Waals surface area contributed by atoms with E-state index < -0.39 is 0 Å². The fourth-order valence-corrected chi connectivity index (χ4v) is 3.64. The topological polar surface area (TPSA) is 55.6 Å². The number of benzene rings is 3. The first-order valence-electron chi connectivity index (χ1n) is 9.70. The van der Waals surface area contributed by atoms with Crippen LogP contribution < -0.4 is 4.74 Å². The van der Waals surface area contributed by atoms with Crippen molar-refractivity contribution in [2.45, 2.75) is 13.0 Å².